The van der Waals surface area contributed by atoms with Crippen LogP contribution in [0.1, 0.15) is 56.2 Å². The monoisotopic (exact) mass is 604 g/mol. The van der Waals surface area contributed by atoms with Crippen molar-refractivity contribution in [1.29, 1.82) is 0 Å². The molecule has 2 aliphatic heterocycles. The topological polar surface area (TPSA) is 106 Å². The first-order valence-corrected chi connectivity index (χ1v) is 15.7. The Labute approximate surface area is 267 Å². The fourth-order valence-electron chi connectivity index (χ4n) is 6.25. The van der Waals surface area contributed by atoms with Crippen molar-refractivity contribution < 1.29 is 0 Å². The molecule has 0 amide bonds. The predicted molar refractivity (Wildman–Crippen MR) is 186 cm³/mol. The molecule has 0 radical (unpaired) electrons. The molecule has 8 heteroatoms. The number of nitrogens with one attached hydrogen (secondary N) is 4. The van der Waals surface area contributed by atoms with Gasteiger partial charge in [0, 0.05) is 0 Å². The lowest BCUT2D eigenvalue weighted by Gasteiger charge is -2.13. The van der Waals surface area contributed by atoms with Gasteiger partial charge in [0.2, 0.25) is 0 Å². The van der Waals surface area contributed by atoms with Gasteiger partial charge in [0.15, 0.2) is 5.82 Å². The molecule has 0 bridgehead atoms. The van der Waals surface area contributed by atoms with Crippen molar-refractivity contribution in [3.8, 4) is 0 Å². The average molecular weight is 605 g/mol. The van der Waals surface area contributed by atoms with Gasteiger partial charge < -0.3 is 20.6 Å². The molecule has 2 aromatic heterocycles. The van der Waals surface area contributed by atoms with Crippen molar-refractivity contribution in [3.05, 3.63) is 127 Å². The minimum absolute atomic E-state index is 0.578. The molecule has 2 aliphatic rings. The maximum absolute atomic E-state index is 5.18. The van der Waals surface area contributed by atoms with Crippen molar-refractivity contribution >= 4 is 44.6 Å². The molecule has 0 atom stereocenters. The van der Waals surface area contributed by atoms with Crippen LogP contribution in [-0.2, 0) is 0 Å². The van der Waals surface area contributed by atoms with Crippen LogP contribution in [0.5, 0.6) is 0 Å². The van der Waals surface area contributed by atoms with Gasteiger partial charge in [-0.15, -0.1) is 0 Å². The molecule has 8 nitrogen and oxygen atoms in total. The number of aromatic nitrogens is 4. The van der Waals surface area contributed by atoms with E-state index in [-0.39, 0.29) is 0 Å². The Morgan fingerprint density at radius 2 is 0.848 bits per heavy atom. The lowest BCUT2D eigenvalue weighted by molar-refractivity contribution is 1.17. The SMILES string of the molecule is Cc1cc2c(cc1C)NC(=C(C(=C1N=c3cc(C)c(C)cc3=N1)c1nc3cc(C)c(C)cc3[nH]1)c1nc3cc(C)c(C)cc3[nH]1)N2. The van der Waals surface area contributed by atoms with Crippen molar-refractivity contribution in [2.75, 3.05) is 10.6 Å². The Kier molecular flexibility index (Phi) is 6.09. The van der Waals surface area contributed by atoms with E-state index in [2.05, 4.69) is 125 Å². The number of nitrogens with zero attached hydrogens (tertiary/aromatic N) is 4. The van der Waals surface area contributed by atoms with Gasteiger partial charge in [0.05, 0.1) is 55.3 Å². The number of hydrogen-bond donors (Lipinski definition) is 4. The van der Waals surface area contributed by atoms with Gasteiger partial charge in [-0.2, -0.15) is 0 Å². The van der Waals surface area contributed by atoms with Crippen LogP contribution in [-0.4, -0.2) is 19.9 Å². The van der Waals surface area contributed by atoms with E-state index >= 15 is 0 Å². The second-order valence-electron chi connectivity index (χ2n) is 12.9. The van der Waals surface area contributed by atoms with E-state index in [9.17, 15) is 0 Å². The van der Waals surface area contributed by atoms with E-state index in [1.807, 2.05) is 0 Å². The predicted octanol–water partition coefficient (Wildman–Crippen LogP) is 7.43. The molecule has 0 fully saturated rings. The van der Waals surface area contributed by atoms with Crippen LogP contribution >= 0.6 is 0 Å². The van der Waals surface area contributed by atoms with Crippen LogP contribution in [0.15, 0.2) is 70.2 Å². The molecule has 6 aromatic rings. The van der Waals surface area contributed by atoms with Gasteiger partial charge in [0.25, 0.3) is 0 Å². The molecule has 46 heavy (non-hydrogen) atoms. The highest BCUT2D eigenvalue weighted by Gasteiger charge is 2.30. The molecule has 4 N–H and O–H groups in total. The summed E-state index contributed by atoms with van der Waals surface area (Å²) in [4.78, 5) is 27.9. The lowest BCUT2D eigenvalue weighted by atomic mass is 10.0. The summed E-state index contributed by atoms with van der Waals surface area (Å²) in [6, 6.07) is 17.2. The van der Waals surface area contributed by atoms with Crippen molar-refractivity contribution in [2.24, 2.45) is 9.98 Å². The Morgan fingerprint density at radius 3 is 1.33 bits per heavy atom. The molecule has 0 aliphatic carbocycles. The molecule has 228 valence electrons. The molecule has 0 unspecified atom stereocenters. The Morgan fingerprint density at radius 1 is 0.457 bits per heavy atom. The van der Waals surface area contributed by atoms with Gasteiger partial charge in [0.1, 0.15) is 17.5 Å². The first-order valence-electron chi connectivity index (χ1n) is 15.7. The number of aromatic amines is 2. The van der Waals surface area contributed by atoms with Gasteiger partial charge >= 0.3 is 0 Å². The molecule has 4 aromatic carbocycles. The number of rotatable bonds is 3. The smallest absolute Gasteiger partial charge is 0.165 e. The number of hydrogen-bond acceptors (Lipinski definition) is 6. The Bertz CT molecular complexity index is 2350. The fourth-order valence-corrected chi connectivity index (χ4v) is 6.25. The van der Waals surface area contributed by atoms with E-state index < -0.39 is 0 Å². The largest absolute Gasteiger partial charge is 0.339 e. The number of fused-ring (bicyclic) bond motifs is 4. The van der Waals surface area contributed by atoms with Gasteiger partial charge in [-0.1, -0.05) is 0 Å². The van der Waals surface area contributed by atoms with Crippen molar-refractivity contribution in [1.82, 2.24) is 19.9 Å². The first-order chi connectivity index (χ1) is 22.0. The first kappa shape index (κ1) is 28.0. The molecule has 0 spiro atoms. The minimum atomic E-state index is 0.578. The Hall–Kier alpha value is -5.50. The summed E-state index contributed by atoms with van der Waals surface area (Å²) >= 11 is 0. The summed E-state index contributed by atoms with van der Waals surface area (Å²) in [5.74, 6) is 2.73. The highest BCUT2D eigenvalue weighted by atomic mass is 15.2. The van der Waals surface area contributed by atoms with E-state index in [4.69, 9.17) is 20.0 Å². The van der Waals surface area contributed by atoms with Crippen molar-refractivity contribution in [3.63, 3.8) is 0 Å². The summed E-state index contributed by atoms with van der Waals surface area (Å²) in [5, 5.41) is 9.06. The van der Waals surface area contributed by atoms with Gasteiger partial charge in [-0.3, -0.25) is 0 Å². The van der Waals surface area contributed by atoms with Crippen molar-refractivity contribution in [2.45, 2.75) is 55.4 Å². The third-order valence-electron chi connectivity index (χ3n) is 9.59. The number of imidazole rings is 2. The molecule has 8 rings (SSSR count). The van der Waals surface area contributed by atoms with Gasteiger partial charge in [-0.25, -0.2) is 20.0 Å². The van der Waals surface area contributed by atoms with Crippen LogP contribution in [0, 0.1) is 55.4 Å². The molecule has 0 saturated carbocycles. The summed E-state index contributed by atoms with van der Waals surface area (Å²) < 4.78 is 0. The number of benzene rings is 4. The summed E-state index contributed by atoms with van der Waals surface area (Å²) in [6.07, 6.45) is 0. The maximum Gasteiger partial charge on any atom is 0.165 e. The molecular formula is C38H36N8. The summed E-state index contributed by atoms with van der Waals surface area (Å²) in [7, 11) is 0. The van der Waals surface area contributed by atoms with E-state index in [0.717, 1.165) is 61.1 Å². The quantitative estimate of drug-likeness (QED) is 0.169. The highest BCUT2D eigenvalue weighted by molar-refractivity contribution is 6.09. The minimum Gasteiger partial charge on any atom is -0.339 e. The third kappa shape index (κ3) is 4.43. The lowest BCUT2D eigenvalue weighted by Crippen LogP contribution is -2.22. The second-order valence-corrected chi connectivity index (χ2v) is 12.9. The van der Waals surface area contributed by atoms with Crippen LogP contribution in [0.25, 0.3) is 33.2 Å². The maximum atomic E-state index is 5.18. The number of aryl methyl sites for hydroxylation is 8. The molecule has 0 saturated heterocycles. The number of H-pyrrole nitrogens is 2. The average Bonchev–Trinajstić information content (AvgIpc) is 3.78. The van der Waals surface area contributed by atoms with Crippen LogP contribution in [0.4, 0.5) is 11.4 Å². The highest BCUT2D eigenvalue weighted by Crippen LogP contribution is 2.42. The second kappa shape index (κ2) is 10.0. The summed E-state index contributed by atoms with van der Waals surface area (Å²) in [6.45, 7) is 17.0. The molecule has 4 heterocycles. The zero-order valence-corrected chi connectivity index (χ0v) is 27.4. The van der Waals surface area contributed by atoms with E-state index in [1.165, 1.54) is 44.5 Å². The Balaban J connectivity index is 1.47. The fraction of sp³-hybridized carbons (Fsp3) is 0.211. The van der Waals surface area contributed by atoms with Gasteiger partial charge in [-0.05, 0) is 148 Å². The zero-order valence-electron chi connectivity index (χ0n) is 27.4. The zero-order chi connectivity index (χ0) is 32.0. The number of anilines is 2. The van der Waals surface area contributed by atoms with Crippen LogP contribution < -0.4 is 21.3 Å². The van der Waals surface area contributed by atoms with E-state index in [0.29, 0.717) is 17.5 Å². The van der Waals surface area contributed by atoms with Crippen LogP contribution in [0.2, 0.25) is 0 Å². The molecular weight excluding hydrogens is 568 g/mol. The number of allylic oxidation sites excluding steroid dienone is 2. The standard InChI is InChI=1S/C38H36N8/c1-17-9-25-26(10-18(17)2)40-35(39-25)33(36-41-27-11-19(3)20(4)12-28(27)42-36)34(37-43-29-13-21(5)22(6)14-30(29)44-37)38-45-31-15-23(7)24(8)16-32(31)46-38/h9-16,39-40H,1-8H3,(H,41,42)(H,43,44). The third-order valence-corrected chi connectivity index (χ3v) is 9.59. The normalized spacial score (nSPS) is 13.4. The van der Waals surface area contributed by atoms with E-state index in [1.54, 1.807) is 0 Å². The summed E-state index contributed by atoms with van der Waals surface area (Å²) in [5.41, 5.74) is 16.9. The van der Waals surface area contributed by atoms with Crippen LogP contribution in [0.3, 0.4) is 0 Å².